The van der Waals surface area contributed by atoms with Crippen molar-refractivity contribution < 1.29 is 14.3 Å². The first-order valence-electron chi connectivity index (χ1n) is 5.00. The van der Waals surface area contributed by atoms with Crippen LogP contribution in [0.1, 0.15) is 22.8 Å². The Kier molecular flexibility index (Phi) is 4.05. The Balaban J connectivity index is 2.69. The number of nitrogens with one attached hydrogen (secondary N) is 1. The van der Waals surface area contributed by atoms with Crippen molar-refractivity contribution in [1.82, 2.24) is 5.32 Å². The van der Waals surface area contributed by atoms with Gasteiger partial charge in [0, 0.05) is 5.56 Å². The summed E-state index contributed by atoms with van der Waals surface area (Å²) in [4.78, 5) is 22.8. The molecule has 0 fully saturated rings. The summed E-state index contributed by atoms with van der Waals surface area (Å²) in [7, 11) is 1.29. The second kappa shape index (κ2) is 5.30. The molecule has 1 aromatic rings. The lowest BCUT2D eigenvalue weighted by Crippen LogP contribution is -2.39. The van der Waals surface area contributed by atoms with Gasteiger partial charge in [-0.3, -0.25) is 4.79 Å². The highest BCUT2D eigenvalue weighted by atomic mass is 16.5. The lowest BCUT2D eigenvalue weighted by Gasteiger charge is -2.11. The van der Waals surface area contributed by atoms with Crippen LogP contribution in [0.25, 0.3) is 0 Å². The first kappa shape index (κ1) is 12.2. The van der Waals surface area contributed by atoms with Gasteiger partial charge in [-0.15, -0.1) is 0 Å². The predicted molar refractivity (Wildman–Crippen MR) is 60.1 cm³/mol. The number of benzene rings is 1. The number of esters is 1. The maximum absolute atomic E-state index is 11.7. The fraction of sp³-hybridized carbons (Fsp3) is 0.333. The topological polar surface area (TPSA) is 55.4 Å². The van der Waals surface area contributed by atoms with Gasteiger partial charge >= 0.3 is 5.97 Å². The molecular weight excluding hydrogens is 206 g/mol. The number of carbonyl (C=O) groups excluding carboxylic acids is 2. The highest BCUT2D eigenvalue weighted by molar-refractivity contribution is 5.96. The Bertz CT molecular complexity index is 401. The highest BCUT2D eigenvalue weighted by Gasteiger charge is 2.16. The second-order valence-corrected chi connectivity index (χ2v) is 3.59. The number of aryl methyl sites for hydroxylation is 1. The fourth-order valence-electron chi connectivity index (χ4n) is 1.30. The summed E-state index contributed by atoms with van der Waals surface area (Å²) in [5.41, 5.74) is 1.54. The van der Waals surface area contributed by atoms with E-state index in [9.17, 15) is 9.59 Å². The number of hydrogen-bond acceptors (Lipinski definition) is 3. The quantitative estimate of drug-likeness (QED) is 0.782. The van der Waals surface area contributed by atoms with E-state index in [1.54, 1.807) is 25.1 Å². The molecule has 0 heterocycles. The molecule has 0 aromatic heterocycles. The third kappa shape index (κ3) is 3.08. The zero-order valence-corrected chi connectivity index (χ0v) is 9.61. The first-order chi connectivity index (χ1) is 7.54. The normalized spacial score (nSPS) is 11.7. The number of carbonyl (C=O) groups is 2. The molecule has 0 unspecified atom stereocenters. The van der Waals surface area contributed by atoms with Gasteiger partial charge in [-0.1, -0.05) is 17.7 Å². The molecule has 0 radical (unpaired) electrons. The lowest BCUT2D eigenvalue weighted by molar-refractivity contribution is -0.142. The van der Waals surface area contributed by atoms with Gasteiger partial charge in [0.15, 0.2) is 0 Å². The zero-order chi connectivity index (χ0) is 12.1. The molecule has 1 amide bonds. The van der Waals surface area contributed by atoms with Crippen molar-refractivity contribution in [1.29, 1.82) is 0 Å². The standard InChI is InChI=1S/C12H15NO3/c1-8-5-4-6-10(7-8)11(14)13-9(2)12(15)16-3/h4-7,9H,1-3H3,(H,13,14)/t9-/m0/s1. The minimum Gasteiger partial charge on any atom is -0.467 e. The maximum atomic E-state index is 11.7. The van der Waals surface area contributed by atoms with E-state index in [1.807, 2.05) is 13.0 Å². The zero-order valence-electron chi connectivity index (χ0n) is 9.61. The van der Waals surface area contributed by atoms with Crippen molar-refractivity contribution in [2.24, 2.45) is 0 Å². The molecule has 0 aliphatic rings. The molecule has 0 aliphatic heterocycles. The average Bonchev–Trinajstić information content (AvgIpc) is 2.27. The molecule has 1 atom stereocenters. The molecule has 0 bridgehead atoms. The van der Waals surface area contributed by atoms with Gasteiger partial charge in [0.1, 0.15) is 6.04 Å². The van der Waals surface area contributed by atoms with E-state index in [0.29, 0.717) is 5.56 Å². The molecule has 0 saturated heterocycles. The second-order valence-electron chi connectivity index (χ2n) is 3.59. The summed E-state index contributed by atoms with van der Waals surface area (Å²) in [5.74, 6) is -0.734. The van der Waals surface area contributed by atoms with Crippen LogP contribution in [0.5, 0.6) is 0 Å². The number of hydrogen-bond donors (Lipinski definition) is 1. The Morgan fingerprint density at radius 2 is 2.06 bits per heavy atom. The number of methoxy groups -OCH3 is 1. The van der Waals surface area contributed by atoms with E-state index in [1.165, 1.54) is 7.11 Å². The molecule has 0 spiro atoms. The van der Waals surface area contributed by atoms with E-state index < -0.39 is 12.0 Å². The fourth-order valence-corrected chi connectivity index (χ4v) is 1.30. The summed E-state index contributed by atoms with van der Waals surface area (Å²) in [5, 5.41) is 2.56. The van der Waals surface area contributed by atoms with Crippen LogP contribution in [-0.4, -0.2) is 25.0 Å². The SMILES string of the molecule is COC(=O)[C@H](C)NC(=O)c1cccc(C)c1. The van der Waals surface area contributed by atoms with Crippen molar-refractivity contribution in [2.45, 2.75) is 19.9 Å². The molecular formula is C12H15NO3. The third-order valence-electron chi connectivity index (χ3n) is 2.18. The summed E-state index contributed by atoms with van der Waals surface area (Å²) in [6.07, 6.45) is 0. The Labute approximate surface area is 94.6 Å². The minimum absolute atomic E-state index is 0.276. The Morgan fingerprint density at radius 1 is 1.38 bits per heavy atom. The van der Waals surface area contributed by atoms with Gasteiger partial charge in [-0.2, -0.15) is 0 Å². The predicted octanol–water partition coefficient (Wildman–Crippen LogP) is 1.29. The van der Waals surface area contributed by atoms with Crippen LogP contribution in [-0.2, 0) is 9.53 Å². The Morgan fingerprint density at radius 3 is 2.62 bits per heavy atom. The van der Waals surface area contributed by atoms with Gasteiger partial charge in [-0.05, 0) is 26.0 Å². The van der Waals surface area contributed by atoms with Crippen LogP contribution in [0.2, 0.25) is 0 Å². The molecule has 16 heavy (non-hydrogen) atoms. The molecule has 0 saturated carbocycles. The highest BCUT2D eigenvalue weighted by Crippen LogP contribution is 2.04. The largest absolute Gasteiger partial charge is 0.467 e. The third-order valence-corrected chi connectivity index (χ3v) is 2.18. The van der Waals surface area contributed by atoms with Crippen LogP contribution < -0.4 is 5.32 Å². The number of ether oxygens (including phenoxy) is 1. The van der Waals surface area contributed by atoms with E-state index in [2.05, 4.69) is 10.1 Å². The Hall–Kier alpha value is -1.84. The first-order valence-corrected chi connectivity index (χ1v) is 5.00. The van der Waals surface area contributed by atoms with Crippen LogP contribution in [0.15, 0.2) is 24.3 Å². The molecule has 86 valence electrons. The van der Waals surface area contributed by atoms with Crippen LogP contribution >= 0.6 is 0 Å². The monoisotopic (exact) mass is 221 g/mol. The van der Waals surface area contributed by atoms with E-state index in [0.717, 1.165) is 5.56 Å². The van der Waals surface area contributed by atoms with Crippen molar-refractivity contribution >= 4 is 11.9 Å². The number of amides is 1. The van der Waals surface area contributed by atoms with E-state index in [4.69, 9.17) is 0 Å². The molecule has 1 rings (SSSR count). The average molecular weight is 221 g/mol. The molecule has 1 aromatic carbocycles. The van der Waals surface area contributed by atoms with Gasteiger partial charge in [0.25, 0.3) is 5.91 Å². The van der Waals surface area contributed by atoms with E-state index in [-0.39, 0.29) is 5.91 Å². The maximum Gasteiger partial charge on any atom is 0.328 e. The molecule has 4 heteroatoms. The van der Waals surface area contributed by atoms with Gasteiger partial charge in [0.2, 0.25) is 0 Å². The molecule has 4 nitrogen and oxygen atoms in total. The summed E-state index contributed by atoms with van der Waals surface area (Å²) >= 11 is 0. The summed E-state index contributed by atoms with van der Waals surface area (Å²) < 4.78 is 4.52. The van der Waals surface area contributed by atoms with Crippen LogP contribution in [0, 0.1) is 6.92 Å². The summed E-state index contributed by atoms with van der Waals surface area (Å²) in [6.45, 7) is 3.49. The minimum atomic E-state index is -0.641. The molecule has 0 aliphatic carbocycles. The van der Waals surface area contributed by atoms with Crippen LogP contribution in [0.4, 0.5) is 0 Å². The van der Waals surface area contributed by atoms with Crippen molar-refractivity contribution in [3.8, 4) is 0 Å². The number of rotatable bonds is 3. The van der Waals surface area contributed by atoms with Crippen molar-refractivity contribution in [3.63, 3.8) is 0 Å². The summed E-state index contributed by atoms with van der Waals surface area (Å²) in [6, 6.07) is 6.53. The van der Waals surface area contributed by atoms with E-state index >= 15 is 0 Å². The molecule has 1 N–H and O–H groups in total. The van der Waals surface area contributed by atoms with Gasteiger partial charge in [-0.25, -0.2) is 4.79 Å². The smallest absolute Gasteiger partial charge is 0.328 e. The van der Waals surface area contributed by atoms with Crippen molar-refractivity contribution in [3.05, 3.63) is 35.4 Å². The van der Waals surface area contributed by atoms with Crippen molar-refractivity contribution in [2.75, 3.05) is 7.11 Å². The van der Waals surface area contributed by atoms with Gasteiger partial charge < -0.3 is 10.1 Å². The van der Waals surface area contributed by atoms with Gasteiger partial charge in [0.05, 0.1) is 7.11 Å². The van der Waals surface area contributed by atoms with Crippen LogP contribution in [0.3, 0.4) is 0 Å². The lowest BCUT2D eigenvalue weighted by atomic mass is 10.1.